The number of benzene rings is 2. The van der Waals surface area contributed by atoms with E-state index in [4.69, 9.17) is 27.6 Å². The predicted octanol–water partition coefficient (Wildman–Crippen LogP) is 7.11. The molecule has 1 aliphatic rings. The molecular formula is C21H12Cl2FNO3S2. The zero-order valence-corrected chi connectivity index (χ0v) is 18.2. The predicted molar refractivity (Wildman–Crippen MR) is 117 cm³/mol. The van der Waals surface area contributed by atoms with Crippen LogP contribution in [-0.4, -0.2) is 16.0 Å². The number of carbonyl (C=O) groups excluding carboxylic acids is 2. The molecule has 2 aromatic carbocycles. The Labute approximate surface area is 190 Å². The van der Waals surface area contributed by atoms with E-state index >= 15 is 0 Å². The fourth-order valence-corrected chi connectivity index (χ4v) is 4.62. The first-order valence-corrected chi connectivity index (χ1v) is 11.0. The van der Waals surface area contributed by atoms with E-state index in [1.54, 1.807) is 24.3 Å². The van der Waals surface area contributed by atoms with Crippen LogP contribution in [0.2, 0.25) is 10.0 Å². The van der Waals surface area contributed by atoms with E-state index < -0.39 is 17.0 Å². The number of carbonyl (C=O) groups is 2. The summed E-state index contributed by atoms with van der Waals surface area (Å²) in [6.07, 6.45) is 1.53. The van der Waals surface area contributed by atoms with Crippen molar-refractivity contribution in [3.63, 3.8) is 0 Å². The molecular weight excluding hydrogens is 468 g/mol. The number of nitrogens with zero attached hydrogens (tertiary/aromatic N) is 1. The highest BCUT2D eigenvalue weighted by Gasteiger charge is 2.35. The molecule has 0 atom stereocenters. The lowest BCUT2D eigenvalue weighted by molar-refractivity contribution is -0.123. The first-order chi connectivity index (χ1) is 14.4. The van der Waals surface area contributed by atoms with Gasteiger partial charge in [0.05, 0.1) is 11.4 Å². The SMILES string of the molecule is O=C1SC(=Cc2ccc(Sc3ccc(Cl)cc3)o2)C(=O)N1Cc1ccc(F)cc1Cl. The van der Waals surface area contributed by atoms with Gasteiger partial charge in [0.1, 0.15) is 11.6 Å². The zero-order valence-electron chi connectivity index (χ0n) is 15.1. The molecule has 4 nitrogen and oxygen atoms in total. The molecule has 2 amide bonds. The maximum atomic E-state index is 13.2. The van der Waals surface area contributed by atoms with Crippen LogP contribution in [0.4, 0.5) is 9.18 Å². The number of hydrogen-bond donors (Lipinski definition) is 0. The van der Waals surface area contributed by atoms with E-state index in [9.17, 15) is 14.0 Å². The monoisotopic (exact) mass is 479 g/mol. The molecule has 0 saturated carbocycles. The second-order valence-corrected chi connectivity index (χ2v) is 9.13. The number of amides is 2. The smallest absolute Gasteiger partial charge is 0.293 e. The molecule has 0 spiro atoms. The Morgan fingerprint density at radius 3 is 2.57 bits per heavy atom. The summed E-state index contributed by atoms with van der Waals surface area (Å²) < 4.78 is 19.0. The first kappa shape index (κ1) is 21.1. The Hall–Kier alpha value is -2.19. The lowest BCUT2D eigenvalue weighted by atomic mass is 10.2. The average Bonchev–Trinajstić information content (AvgIpc) is 3.25. The summed E-state index contributed by atoms with van der Waals surface area (Å²) >= 11 is 14.1. The summed E-state index contributed by atoms with van der Waals surface area (Å²) in [4.78, 5) is 27.3. The molecule has 2 heterocycles. The summed E-state index contributed by atoms with van der Waals surface area (Å²) in [6.45, 7) is -0.0308. The van der Waals surface area contributed by atoms with Crippen LogP contribution in [0.5, 0.6) is 0 Å². The van der Waals surface area contributed by atoms with Crippen molar-refractivity contribution in [2.45, 2.75) is 16.5 Å². The van der Waals surface area contributed by atoms with E-state index in [1.807, 2.05) is 12.1 Å². The molecule has 0 unspecified atom stereocenters. The van der Waals surface area contributed by atoms with E-state index in [1.165, 1.54) is 30.0 Å². The van der Waals surface area contributed by atoms with Crippen molar-refractivity contribution < 1.29 is 18.4 Å². The molecule has 0 N–H and O–H groups in total. The number of furan rings is 1. The Bertz CT molecular complexity index is 1160. The normalized spacial score (nSPS) is 15.4. The molecule has 9 heteroatoms. The maximum absolute atomic E-state index is 13.2. The van der Waals surface area contributed by atoms with E-state index in [0.717, 1.165) is 27.6 Å². The molecule has 30 heavy (non-hydrogen) atoms. The number of hydrogen-bond acceptors (Lipinski definition) is 5. The Morgan fingerprint density at radius 2 is 1.83 bits per heavy atom. The third-order valence-corrected chi connectivity index (χ3v) is 6.56. The van der Waals surface area contributed by atoms with Crippen LogP contribution in [0.3, 0.4) is 0 Å². The summed E-state index contributed by atoms with van der Waals surface area (Å²) in [6, 6.07) is 14.7. The number of imide groups is 1. The number of rotatable bonds is 5. The molecule has 1 fully saturated rings. The Balaban J connectivity index is 1.48. The molecule has 1 saturated heterocycles. The molecule has 152 valence electrons. The second kappa shape index (κ2) is 8.89. The standard InChI is InChI=1S/C21H12Cl2FNO3S2/c22-13-2-6-16(7-3-13)29-19-8-5-15(28-19)10-18-20(26)25(21(27)30-18)11-12-1-4-14(24)9-17(12)23/h1-10H,11H2. The number of halogens is 3. The van der Waals surface area contributed by atoms with Gasteiger partial charge in [-0.15, -0.1) is 0 Å². The molecule has 0 radical (unpaired) electrons. The van der Waals surface area contributed by atoms with Crippen LogP contribution in [-0.2, 0) is 11.3 Å². The summed E-state index contributed by atoms with van der Waals surface area (Å²) in [5.41, 5.74) is 0.487. The minimum Gasteiger partial charge on any atom is -0.450 e. The number of thioether (sulfide) groups is 1. The van der Waals surface area contributed by atoms with Crippen molar-refractivity contribution in [1.29, 1.82) is 0 Å². The van der Waals surface area contributed by atoms with Crippen molar-refractivity contribution in [3.05, 3.63) is 86.7 Å². The quantitative estimate of drug-likeness (QED) is 0.364. The maximum Gasteiger partial charge on any atom is 0.293 e. The van der Waals surface area contributed by atoms with Crippen LogP contribution >= 0.6 is 46.7 Å². The second-order valence-electron chi connectivity index (χ2n) is 6.22. The van der Waals surface area contributed by atoms with Gasteiger partial charge in [0.2, 0.25) is 0 Å². The van der Waals surface area contributed by atoms with E-state index in [0.29, 0.717) is 21.4 Å². The average molecular weight is 480 g/mol. The van der Waals surface area contributed by atoms with Crippen molar-refractivity contribution in [2.75, 3.05) is 0 Å². The van der Waals surface area contributed by atoms with Gasteiger partial charge < -0.3 is 4.42 Å². The van der Waals surface area contributed by atoms with E-state index in [2.05, 4.69) is 0 Å². The summed E-state index contributed by atoms with van der Waals surface area (Å²) in [7, 11) is 0. The fourth-order valence-electron chi connectivity index (χ4n) is 2.67. The topological polar surface area (TPSA) is 50.5 Å². The fraction of sp³-hybridized carbons (Fsp3) is 0.0476. The van der Waals surface area contributed by atoms with Gasteiger partial charge in [0.15, 0.2) is 5.09 Å². The van der Waals surface area contributed by atoms with Gasteiger partial charge in [-0.1, -0.05) is 41.0 Å². The van der Waals surface area contributed by atoms with Gasteiger partial charge in [0, 0.05) is 21.0 Å². The van der Waals surface area contributed by atoms with E-state index in [-0.39, 0.29) is 16.5 Å². The lowest BCUT2D eigenvalue weighted by Gasteiger charge is -2.13. The summed E-state index contributed by atoms with van der Waals surface area (Å²) in [5.74, 6) is -0.478. The van der Waals surface area contributed by atoms with Crippen molar-refractivity contribution >= 4 is 63.9 Å². The highest BCUT2D eigenvalue weighted by molar-refractivity contribution is 8.18. The molecule has 0 bridgehead atoms. The van der Waals surface area contributed by atoms with Crippen molar-refractivity contribution in [1.82, 2.24) is 4.90 Å². The first-order valence-electron chi connectivity index (χ1n) is 8.61. The van der Waals surface area contributed by atoms with Gasteiger partial charge in [-0.3, -0.25) is 14.5 Å². The van der Waals surface area contributed by atoms with Crippen molar-refractivity contribution in [2.24, 2.45) is 0 Å². The van der Waals surface area contributed by atoms with Gasteiger partial charge >= 0.3 is 0 Å². The Morgan fingerprint density at radius 1 is 1.07 bits per heavy atom. The molecule has 1 aliphatic heterocycles. The van der Waals surface area contributed by atoms with Crippen LogP contribution in [0.1, 0.15) is 11.3 Å². The Kier molecular flexibility index (Phi) is 6.24. The van der Waals surface area contributed by atoms with Gasteiger partial charge in [0.25, 0.3) is 11.1 Å². The lowest BCUT2D eigenvalue weighted by Crippen LogP contribution is -2.27. The minimum atomic E-state index is -0.483. The van der Waals surface area contributed by atoms with Gasteiger partial charge in [-0.25, -0.2) is 4.39 Å². The zero-order chi connectivity index (χ0) is 21.3. The molecule has 0 aliphatic carbocycles. The van der Waals surface area contributed by atoms with Crippen LogP contribution in [0.25, 0.3) is 6.08 Å². The largest absolute Gasteiger partial charge is 0.450 e. The van der Waals surface area contributed by atoms with Crippen LogP contribution in [0.15, 0.2) is 73.9 Å². The summed E-state index contributed by atoms with van der Waals surface area (Å²) in [5, 5.41) is 1.03. The third kappa shape index (κ3) is 4.75. The van der Waals surface area contributed by atoms with Crippen LogP contribution < -0.4 is 0 Å². The van der Waals surface area contributed by atoms with Crippen molar-refractivity contribution in [3.8, 4) is 0 Å². The minimum absolute atomic E-state index is 0.0308. The highest BCUT2D eigenvalue weighted by Crippen LogP contribution is 2.36. The molecule has 3 aromatic rings. The van der Waals surface area contributed by atoms with Crippen LogP contribution in [0, 0.1) is 5.82 Å². The highest BCUT2D eigenvalue weighted by atomic mass is 35.5. The molecule has 4 rings (SSSR count). The van der Waals surface area contributed by atoms with Gasteiger partial charge in [-0.05, 0) is 65.9 Å². The third-order valence-electron chi connectivity index (χ3n) is 4.12. The van der Waals surface area contributed by atoms with Gasteiger partial charge in [-0.2, -0.15) is 0 Å². The molecule has 1 aromatic heterocycles.